The van der Waals surface area contributed by atoms with Crippen molar-refractivity contribution in [3.05, 3.63) is 0 Å². The molecule has 1 heterocycles. The number of rotatable bonds is 4. The standard InChI is InChI=1S/C10H14F2O3/c1-6(9(14)10(2,11)12)8(13)7-3-4-15-5-7/h6-7H,3-5H2,1-2H3. The van der Waals surface area contributed by atoms with Crippen LogP contribution in [0.5, 0.6) is 0 Å². The number of hydrogen-bond donors (Lipinski definition) is 0. The fourth-order valence-corrected chi connectivity index (χ4v) is 1.62. The lowest BCUT2D eigenvalue weighted by Gasteiger charge is -2.16. The quantitative estimate of drug-likeness (QED) is 0.673. The van der Waals surface area contributed by atoms with Crippen LogP contribution in [0.3, 0.4) is 0 Å². The van der Waals surface area contributed by atoms with E-state index in [-0.39, 0.29) is 6.61 Å². The molecule has 0 saturated carbocycles. The Morgan fingerprint density at radius 2 is 2.07 bits per heavy atom. The van der Waals surface area contributed by atoms with Crippen molar-refractivity contribution < 1.29 is 23.1 Å². The van der Waals surface area contributed by atoms with E-state index in [1.54, 1.807) is 0 Å². The van der Waals surface area contributed by atoms with Crippen LogP contribution in [0.2, 0.25) is 0 Å². The highest BCUT2D eigenvalue weighted by molar-refractivity contribution is 6.05. The second-order valence-corrected chi connectivity index (χ2v) is 3.94. The van der Waals surface area contributed by atoms with Gasteiger partial charge in [-0.15, -0.1) is 0 Å². The van der Waals surface area contributed by atoms with Crippen LogP contribution >= 0.6 is 0 Å². The Bertz CT molecular complexity index is 264. The predicted octanol–water partition coefficient (Wildman–Crippen LogP) is 1.45. The summed E-state index contributed by atoms with van der Waals surface area (Å²) >= 11 is 0. The largest absolute Gasteiger partial charge is 0.381 e. The molecule has 1 aliphatic heterocycles. The molecule has 5 heteroatoms. The minimum atomic E-state index is -3.44. The molecule has 1 saturated heterocycles. The third kappa shape index (κ3) is 2.81. The summed E-state index contributed by atoms with van der Waals surface area (Å²) in [6.45, 7) is 2.45. The number of ether oxygens (including phenoxy) is 1. The van der Waals surface area contributed by atoms with Crippen LogP contribution in [0.25, 0.3) is 0 Å². The van der Waals surface area contributed by atoms with Gasteiger partial charge in [-0.05, 0) is 13.3 Å². The first-order chi connectivity index (χ1) is 6.84. The number of ketones is 2. The Morgan fingerprint density at radius 1 is 1.47 bits per heavy atom. The Balaban J connectivity index is 2.63. The molecule has 0 amide bonds. The van der Waals surface area contributed by atoms with Crippen molar-refractivity contribution in [2.24, 2.45) is 11.8 Å². The van der Waals surface area contributed by atoms with Gasteiger partial charge in [0.15, 0.2) is 0 Å². The third-order valence-corrected chi connectivity index (χ3v) is 2.58. The SMILES string of the molecule is CC(C(=O)C1CCOC1)C(=O)C(C)(F)F. The first-order valence-electron chi connectivity index (χ1n) is 4.87. The third-order valence-electron chi connectivity index (χ3n) is 2.58. The highest BCUT2D eigenvalue weighted by Gasteiger charge is 2.41. The summed E-state index contributed by atoms with van der Waals surface area (Å²) in [5, 5.41) is 0. The van der Waals surface area contributed by atoms with E-state index in [1.807, 2.05) is 0 Å². The summed E-state index contributed by atoms with van der Waals surface area (Å²) in [4.78, 5) is 22.8. The van der Waals surface area contributed by atoms with Gasteiger partial charge in [0, 0.05) is 19.4 Å². The monoisotopic (exact) mass is 220 g/mol. The first kappa shape index (κ1) is 12.2. The molecule has 2 unspecified atom stereocenters. The van der Waals surface area contributed by atoms with Gasteiger partial charge in [-0.1, -0.05) is 0 Å². The van der Waals surface area contributed by atoms with E-state index in [0.29, 0.717) is 20.0 Å². The number of carbonyl (C=O) groups excluding carboxylic acids is 2. The van der Waals surface area contributed by atoms with E-state index in [2.05, 4.69) is 0 Å². The first-order valence-corrected chi connectivity index (χ1v) is 4.87. The topological polar surface area (TPSA) is 43.4 Å². The molecule has 1 rings (SSSR count). The van der Waals surface area contributed by atoms with Gasteiger partial charge in [0.1, 0.15) is 5.78 Å². The van der Waals surface area contributed by atoms with Gasteiger partial charge in [-0.3, -0.25) is 9.59 Å². The maximum Gasteiger partial charge on any atom is 0.303 e. The van der Waals surface area contributed by atoms with Crippen LogP contribution in [-0.4, -0.2) is 30.7 Å². The van der Waals surface area contributed by atoms with Gasteiger partial charge >= 0.3 is 5.92 Å². The van der Waals surface area contributed by atoms with E-state index >= 15 is 0 Å². The Hall–Kier alpha value is -0.840. The van der Waals surface area contributed by atoms with Crippen molar-refractivity contribution in [2.75, 3.05) is 13.2 Å². The number of alkyl halides is 2. The summed E-state index contributed by atoms with van der Waals surface area (Å²) in [5.74, 6) is -6.81. The highest BCUT2D eigenvalue weighted by Crippen LogP contribution is 2.24. The fraction of sp³-hybridized carbons (Fsp3) is 0.800. The van der Waals surface area contributed by atoms with Crippen molar-refractivity contribution in [2.45, 2.75) is 26.2 Å². The zero-order valence-corrected chi connectivity index (χ0v) is 8.76. The maximum absolute atomic E-state index is 12.7. The lowest BCUT2D eigenvalue weighted by molar-refractivity contribution is -0.149. The maximum atomic E-state index is 12.7. The molecule has 86 valence electrons. The average Bonchev–Trinajstić information content (AvgIpc) is 2.65. The molecule has 1 fully saturated rings. The molecule has 1 aliphatic rings. The molecule has 15 heavy (non-hydrogen) atoms. The molecule has 0 aromatic carbocycles. The van der Waals surface area contributed by atoms with Crippen molar-refractivity contribution in [1.29, 1.82) is 0 Å². The lowest BCUT2D eigenvalue weighted by Crippen LogP contribution is -2.37. The number of halogens is 2. The molecule has 2 atom stereocenters. The van der Waals surface area contributed by atoms with Crippen LogP contribution in [0, 0.1) is 11.8 Å². The van der Waals surface area contributed by atoms with Gasteiger partial charge in [0.25, 0.3) is 0 Å². The molecular weight excluding hydrogens is 206 g/mol. The van der Waals surface area contributed by atoms with Crippen molar-refractivity contribution in [3.63, 3.8) is 0 Å². The van der Waals surface area contributed by atoms with E-state index in [0.717, 1.165) is 0 Å². The Labute approximate surface area is 86.8 Å². The Morgan fingerprint density at radius 3 is 2.47 bits per heavy atom. The van der Waals surface area contributed by atoms with Gasteiger partial charge in [0.2, 0.25) is 5.78 Å². The van der Waals surface area contributed by atoms with Gasteiger partial charge in [-0.2, -0.15) is 8.78 Å². The molecule has 0 N–H and O–H groups in total. The zero-order valence-electron chi connectivity index (χ0n) is 8.76. The summed E-state index contributed by atoms with van der Waals surface area (Å²) in [6.07, 6.45) is 0.520. The van der Waals surface area contributed by atoms with E-state index in [4.69, 9.17) is 4.74 Å². The van der Waals surface area contributed by atoms with E-state index < -0.39 is 29.3 Å². The number of hydrogen-bond acceptors (Lipinski definition) is 3. The Kier molecular flexibility index (Phi) is 3.54. The molecule has 3 nitrogen and oxygen atoms in total. The van der Waals surface area contributed by atoms with Gasteiger partial charge in [-0.25, -0.2) is 0 Å². The molecule has 0 aliphatic carbocycles. The highest BCUT2D eigenvalue weighted by atomic mass is 19.3. The van der Waals surface area contributed by atoms with Crippen molar-refractivity contribution in [1.82, 2.24) is 0 Å². The van der Waals surface area contributed by atoms with Gasteiger partial charge < -0.3 is 4.74 Å². The van der Waals surface area contributed by atoms with Crippen LogP contribution in [0.15, 0.2) is 0 Å². The molecule has 0 aromatic rings. The lowest BCUT2D eigenvalue weighted by atomic mass is 9.88. The average molecular weight is 220 g/mol. The smallest absolute Gasteiger partial charge is 0.303 e. The van der Waals surface area contributed by atoms with Crippen molar-refractivity contribution in [3.8, 4) is 0 Å². The summed E-state index contributed by atoms with van der Waals surface area (Å²) in [5.41, 5.74) is 0. The fourth-order valence-electron chi connectivity index (χ4n) is 1.62. The molecule has 0 aromatic heterocycles. The van der Waals surface area contributed by atoms with Gasteiger partial charge in [0.05, 0.1) is 12.5 Å². The number of carbonyl (C=O) groups is 2. The summed E-state index contributed by atoms with van der Waals surface area (Å²) < 4.78 is 30.3. The minimum Gasteiger partial charge on any atom is -0.381 e. The summed E-state index contributed by atoms with van der Waals surface area (Å²) in [6, 6.07) is 0. The number of Topliss-reactive ketones (excluding diaryl/α,β-unsaturated/α-hetero) is 2. The normalized spacial score (nSPS) is 23.9. The van der Waals surface area contributed by atoms with Crippen molar-refractivity contribution >= 4 is 11.6 Å². The van der Waals surface area contributed by atoms with Crippen LogP contribution in [-0.2, 0) is 14.3 Å². The predicted molar refractivity (Wildman–Crippen MR) is 48.7 cm³/mol. The molecule has 0 radical (unpaired) electrons. The van der Waals surface area contributed by atoms with Crippen LogP contribution in [0.4, 0.5) is 8.78 Å². The van der Waals surface area contributed by atoms with E-state index in [9.17, 15) is 18.4 Å². The van der Waals surface area contributed by atoms with Crippen LogP contribution < -0.4 is 0 Å². The van der Waals surface area contributed by atoms with E-state index in [1.165, 1.54) is 6.92 Å². The molecular formula is C10H14F2O3. The molecule has 0 spiro atoms. The molecule has 0 bridgehead atoms. The minimum absolute atomic E-state index is 0.242. The zero-order chi connectivity index (χ0) is 11.6. The second-order valence-electron chi connectivity index (χ2n) is 3.94. The second kappa shape index (κ2) is 4.35. The summed E-state index contributed by atoms with van der Waals surface area (Å²) in [7, 11) is 0. The van der Waals surface area contributed by atoms with Crippen LogP contribution in [0.1, 0.15) is 20.3 Å².